The third-order valence-corrected chi connectivity index (χ3v) is 3.37. The van der Waals surface area contributed by atoms with Crippen LogP contribution in [0.15, 0.2) is 60.8 Å². The summed E-state index contributed by atoms with van der Waals surface area (Å²) in [4.78, 5) is 4.34. The molecule has 0 bridgehead atoms. The summed E-state index contributed by atoms with van der Waals surface area (Å²) >= 11 is 0. The number of nitrogens with two attached hydrogens (primary N) is 1. The number of nitrogen functional groups attached to an aromatic ring is 1. The Bertz CT molecular complexity index is 708. The second kappa shape index (κ2) is 5.61. The third kappa shape index (κ3) is 2.57. The van der Waals surface area contributed by atoms with Gasteiger partial charge in [-0.25, -0.2) is 0 Å². The minimum Gasteiger partial charge on any atom is -0.397 e. The number of hydrogen-bond donors (Lipinski definition) is 2. The van der Waals surface area contributed by atoms with E-state index < -0.39 is 0 Å². The second-order valence-electron chi connectivity index (χ2n) is 4.76. The van der Waals surface area contributed by atoms with Gasteiger partial charge in [0.15, 0.2) is 0 Å². The molecule has 100 valence electrons. The normalized spacial score (nSPS) is 10.6. The first-order chi connectivity index (χ1) is 9.84. The minimum atomic E-state index is 0.717. The van der Waals surface area contributed by atoms with Gasteiger partial charge in [0.2, 0.25) is 0 Å². The van der Waals surface area contributed by atoms with Gasteiger partial charge >= 0.3 is 0 Å². The maximum absolute atomic E-state index is 5.95. The van der Waals surface area contributed by atoms with Crippen molar-refractivity contribution < 1.29 is 0 Å². The molecule has 1 aromatic heterocycles. The third-order valence-electron chi connectivity index (χ3n) is 3.37. The van der Waals surface area contributed by atoms with Gasteiger partial charge in [-0.1, -0.05) is 30.3 Å². The summed E-state index contributed by atoms with van der Waals surface area (Å²) < 4.78 is 0. The number of benzene rings is 2. The lowest BCUT2D eigenvalue weighted by Gasteiger charge is -2.10. The molecule has 1 heterocycles. The molecule has 3 N–H and O–H groups in total. The number of anilines is 2. The smallest absolute Gasteiger partial charge is 0.0951 e. The molecule has 0 unspecified atom stereocenters. The van der Waals surface area contributed by atoms with E-state index in [0.717, 1.165) is 29.6 Å². The van der Waals surface area contributed by atoms with Crippen LogP contribution in [0, 0.1) is 0 Å². The summed E-state index contributed by atoms with van der Waals surface area (Å²) in [6.45, 7) is 0.887. The molecule has 0 saturated carbocycles. The minimum absolute atomic E-state index is 0.717. The van der Waals surface area contributed by atoms with Crippen LogP contribution in [-0.2, 0) is 6.42 Å². The molecule has 3 nitrogen and oxygen atoms in total. The van der Waals surface area contributed by atoms with Crippen LogP contribution in [0.4, 0.5) is 11.4 Å². The summed E-state index contributed by atoms with van der Waals surface area (Å²) in [7, 11) is 0. The van der Waals surface area contributed by atoms with E-state index in [-0.39, 0.29) is 0 Å². The van der Waals surface area contributed by atoms with Gasteiger partial charge < -0.3 is 11.1 Å². The molecule has 0 fully saturated rings. The molecule has 0 spiro atoms. The molecular formula is C17H17N3. The molecule has 2 aromatic carbocycles. The molecular weight excluding hydrogens is 246 g/mol. The number of nitrogens with one attached hydrogen (secondary N) is 1. The molecule has 20 heavy (non-hydrogen) atoms. The Labute approximate surface area is 118 Å². The van der Waals surface area contributed by atoms with Crippen LogP contribution < -0.4 is 11.1 Å². The Morgan fingerprint density at radius 2 is 1.80 bits per heavy atom. The number of fused-ring (bicyclic) bond motifs is 1. The number of pyridine rings is 1. The Morgan fingerprint density at radius 3 is 2.65 bits per heavy atom. The van der Waals surface area contributed by atoms with Crippen LogP contribution in [0.5, 0.6) is 0 Å². The van der Waals surface area contributed by atoms with E-state index in [4.69, 9.17) is 5.73 Å². The van der Waals surface area contributed by atoms with Crippen molar-refractivity contribution in [1.29, 1.82) is 0 Å². The summed E-state index contributed by atoms with van der Waals surface area (Å²) in [6, 6.07) is 18.4. The first-order valence-electron chi connectivity index (χ1n) is 6.75. The van der Waals surface area contributed by atoms with E-state index in [2.05, 4.69) is 34.6 Å². The van der Waals surface area contributed by atoms with Gasteiger partial charge in [-0.15, -0.1) is 0 Å². The average Bonchev–Trinajstić information content (AvgIpc) is 2.51. The fourth-order valence-corrected chi connectivity index (χ4v) is 2.33. The van der Waals surface area contributed by atoms with Crippen molar-refractivity contribution >= 4 is 22.3 Å². The maximum Gasteiger partial charge on any atom is 0.0951 e. The molecule has 0 radical (unpaired) electrons. The van der Waals surface area contributed by atoms with E-state index in [0.29, 0.717) is 5.69 Å². The summed E-state index contributed by atoms with van der Waals surface area (Å²) in [6.07, 6.45) is 2.76. The molecule has 0 atom stereocenters. The highest BCUT2D eigenvalue weighted by Gasteiger charge is 2.04. The molecule has 0 aliphatic carbocycles. The van der Waals surface area contributed by atoms with E-state index >= 15 is 0 Å². The standard InChI is InChI=1S/C17H17N3/c18-15-8-9-16(14-7-4-11-20-17(14)15)19-12-10-13-5-2-1-3-6-13/h1-9,11,19H,10,12,18H2. The molecule has 0 aliphatic heterocycles. The van der Waals surface area contributed by atoms with Crippen LogP contribution in [0.1, 0.15) is 5.56 Å². The van der Waals surface area contributed by atoms with Gasteiger partial charge in [0.1, 0.15) is 0 Å². The summed E-state index contributed by atoms with van der Waals surface area (Å²) in [5.74, 6) is 0. The van der Waals surface area contributed by atoms with Gasteiger partial charge in [0, 0.05) is 23.8 Å². The fraction of sp³-hybridized carbons (Fsp3) is 0.118. The zero-order valence-electron chi connectivity index (χ0n) is 11.2. The second-order valence-corrected chi connectivity index (χ2v) is 4.76. The van der Waals surface area contributed by atoms with E-state index in [9.17, 15) is 0 Å². The van der Waals surface area contributed by atoms with Crippen LogP contribution in [0.25, 0.3) is 10.9 Å². The molecule has 3 heteroatoms. The summed E-state index contributed by atoms with van der Waals surface area (Å²) in [5.41, 5.74) is 9.94. The molecule has 3 rings (SSSR count). The van der Waals surface area contributed by atoms with Crippen molar-refractivity contribution in [3.8, 4) is 0 Å². The van der Waals surface area contributed by atoms with E-state index in [1.54, 1.807) is 6.20 Å². The molecule has 0 amide bonds. The predicted molar refractivity (Wildman–Crippen MR) is 84.8 cm³/mol. The van der Waals surface area contributed by atoms with Crippen molar-refractivity contribution in [2.75, 3.05) is 17.6 Å². The Morgan fingerprint density at radius 1 is 0.950 bits per heavy atom. The lowest BCUT2D eigenvalue weighted by molar-refractivity contribution is 1.02. The van der Waals surface area contributed by atoms with Crippen molar-refractivity contribution in [2.24, 2.45) is 0 Å². The first-order valence-corrected chi connectivity index (χ1v) is 6.75. The van der Waals surface area contributed by atoms with Crippen LogP contribution in [0.2, 0.25) is 0 Å². The fourth-order valence-electron chi connectivity index (χ4n) is 2.33. The molecule has 3 aromatic rings. The van der Waals surface area contributed by atoms with Gasteiger partial charge in [0.25, 0.3) is 0 Å². The average molecular weight is 263 g/mol. The highest BCUT2D eigenvalue weighted by atomic mass is 14.9. The Hall–Kier alpha value is -2.55. The maximum atomic E-state index is 5.95. The van der Waals surface area contributed by atoms with Crippen LogP contribution >= 0.6 is 0 Å². The lowest BCUT2D eigenvalue weighted by atomic mass is 10.1. The van der Waals surface area contributed by atoms with Crippen LogP contribution in [-0.4, -0.2) is 11.5 Å². The molecule has 0 aliphatic rings. The van der Waals surface area contributed by atoms with Crippen molar-refractivity contribution in [2.45, 2.75) is 6.42 Å². The van der Waals surface area contributed by atoms with Crippen molar-refractivity contribution in [3.63, 3.8) is 0 Å². The van der Waals surface area contributed by atoms with Crippen molar-refractivity contribution in [3.05, 3.63) is 66.4 Å². The van der Waals surface area contributed by atoms with E-state index in [1.807, 2.05) is 30.3 Å². The largest absolute Gasteiger partial charge is 0.397 e. The quantitative estimate of drug-likeness (QED) is 0.709. The number of nitrogens with zero attached hydrogens (tertiary/aromatic N) is 1. The molecule has 0 saturated heterocycles. The predicted octanol–water partition coefficient (Wildman–Crippen LogP) is 3.47. The van der Waals surface area contributed by atoms with Gasteiger partial charge in [-0.05, 0) is 36.2 Å². The number of hydrogen-bond acceptors (Lipinski definition) is 3. The van der Waals surface area contributed by atoms with Gasteiger partial charge in [-0.2, -0.15) is 0 Å². The van der Waals surface area contributed by atoms with Gasteiger partial charge in [-0.3, -0.25) is 4.98 Å². The first kappa shape index (κ1) is 12.5. The Kier molecular flexibility index (Phi) is 3.50. The summed E-state index contributed by atoms with van der Waals surface area (Å²) in [5, 5.41) is 4.54. The highest BCUT2D eigenvalue weighted by Crippen LogP contribution is 2.26. The number of rotatable bonds is 4. The Balaban J connectivity index is 1.77. The van der Waals surface area contributed by atoms with Crippen LogP contribution in [0.3, 0.4) is 0 Å². The highest BCUT2D eigenvalue weighted by molar-refractivity contribution is 5.98. The number of aromatic nitrogens is 1. The van der Waals surface area contributed by atoms with Crippen molar-refractivity contribution in [1.82, 2.24) is 4.98 Å². The van der Waals surface area contributed by atoms with Gasteiger partial charge in [0.05, 0.1) is 11.2 Å². The lowest BCUT2D eigenvalue weighted by Crippen LogP contribution is -2.05. The monoisotopic (exact) mass is 263 g/mol. The zero-order valence-corrected chi connectivity index (χ0v) is 11.2. The topological polar surface area (TPSA) is 50.9 Å². The SMILES string of the molecule is Nc1ccc(NCCc2ccccc2)c2cccnc12. The van der Waals surface area contributed by atoms with E-state index in [1.165, 1.54) is 5.56 Å². The zero-order chi connectivity index (χ0) is 13.8.